The monoisotopic (exact) mass is 474 g/mol. The van der Waals surface area contributed by atoms with Crippen LogP contribution >= 0.6 is 0 Å². The van der Waals surface area contributed by atoms with Crippen LogP contribution in [0.15, 0.2) is 53.7 Å². The minimum atomic E-state index is -0.409. The van der Waals surface area contributed by atoms with Crippen LogP contribution in [0.5, 0.6) is 0 Å². The van der Waals surface area contributed by atoms with Gasteiger partial charge in [-0.15, -0.1) is 0 Å². The van der Waals surface area contributed by atoms with Gasteiger partial charge < -0.3 is 20.4 Å². The summed E-state index contributed by atoms with van der Waals surface area (Å²) in [6.07, 6.45) is 2.39. The van der Waals surface area contributed by atoms with Crippen LogP contribution in [-0.4, -0.2) is 37.8 Å². The summed E-state index contributed by atoms with van der Waals surface area (Å²) in [5.41, 5.74) is 4.72. The van der Waals surface area contributed by atoms with Crippen molar-refractivity contribution in [3.8, 4) is 6.07 Å². The zero-order valence-corrected chi connectivity index (χ0v) is 20.4. The normalized spacial score (nSPS) is 14.5. The lowest BCUT2D eigenvalue weighted by Crippen LogP contribution is -2.75. The molecule has 1 aliphatic rings. The van der Waals surface area contributed by atoms with Crippen molar-refractivity contribution in [3.05, 3.63) is 64.9 Å². The van der Waals surface area contributed by atoms with Crippen LogP contribution in [0.4, 0.5) is 17.1 Å². The predicted molar refractivity (Wildman–Crippen MR) is 136 cm³/mol. The van der Waals surface area contributed by atoms with E-state index in [9.17, 15) is 14.9 Å². The lowest BCUT2D eigenvalue weighted by molar-refractivity contribution is -0.517. The average Bonchev–Trinajstić information content (AvgIpc) is 2.86. The molecule has 35 heavy (non-hydrogen) atoms. The lowest BCUT2D eigenvalue weighted by atomic mass is 9.96. The number of nitrogens with one attached hydrogen (secondary N) is 2. The number of hydrogen-bond acceptors (Lipinski definition) is 6. The molecule has 0 atom stereocenters. The third-order valence-corrected chi connectivity index (χ3v) is 6.10. The van der Waals surface area contributed by atoms with E-state index in [-0.39, 0.29) is 17.5 Å². The smallest absolute Gasteiger partial charge is 0.309 e. The second-order valence-corrected chi connectivity index (χ2v) is 8.61. The van der Waals surface area contributed by atoms with Crippen molar-refractivity contribution in [2.24, 2.45) is 5.92 Å². The molecule has 0 bridgehead atoms. The molecular weight excluding hydrogens is 442 g/mol. The highest BCUT2D eigenvalue weighted by Crippen LogP contribution is 2.29. The summed E-state index contributed by atoms with van der Waals surface area (Å²) in [6.45, 7) is 7.29. The van der Waals surface area contributed by atoms with E-state index in [4.69, 9.17) is 10.1 Å². The summed E-state index contributed by atoms with van der Waals surface area (Å²) >= 11 is 0. The highest BCUT2D eigenvalue weighted by molar-refractivity contribution is 6.17. The number of ether oxygens (including phenoxy) is 1. The van der Waals surface area contributed by atoms with Gasteiger partial charge in [0.1, 0.15) is 23.0 Å². The van der Waals surface area contributed by atoms with Crippen LogP contribution in [0.2, 0.25) is 0 Å². The number of benzene rings is 2. The first-order valence-electron chi connectivity index (χ1n) is 11.8. The summed E-state index contributed by atoms with van der Waals surface area (Å²) in [7, 11) is 0. The van der Waals surface area contributed by atoms with Crippen LogP contribution in [0.1, 0.15) is 37.8 Å². The first-order chi connectivity index (χ1) is 16.9. The van der Waals surface area contributed by atoms with Gasteiger partial charge in [0.25, 0.3) is 5.91 Å². The van der Waals surface area contributed by atoms with Crippen molar-refractivity contribution in [2.75, 3.05) is 29.9 Å². The van der Waals surface area contributed by atoms with Crippen molar-refractivity contribution < 1.29 is 19.6 Å². The SMILES string of the molecule is CCOC(=O)C1CCN(c2ccc(NC(=O)/C(C=N)=C(\C)[NH2+]c3ccc(C)cc3)cc2C#N)CC1. The molecule has 8 nitrogen and oxygen atoms in total. The Morgan fingerprint density at radius 3 is 2.51 bits per heavy atom. The van der Waals surface area contributed by atoms with Gasteiger partial charge in [-0.2, -0.15) is 5.26 Å². The Kier molecular flexibility index (Phi) is 8.76. The summed E-state index contributed by atoms with van der Waals surface area (Å²) in [5.74, 6) is -0.676. The molecule has 0 radical (unpaired) electrons. The van der Waals surface area contributed by atoms with E-state index < -0.39 is 5.91 Å². The van der Waals surface area contributed by atoms with Crippen molar-refractivity contribution in [1.82, 2.24) is 0 Å². The maximum Gasteiger partial charge on any atom is 0.309 e. The van der Waals surface area contributed by atoms with Crippen molar-refractivity contribution in [3.63, 3.8) is 0 Å². The summed E-state index contributed by atoms with van der Waals surface area (Å²) in [4.78, 5) is 27.0. The van der Waals surface area contributed by atoms with Crippen LogP contribution in [-0.2, 0) is 14.3 Å². The Morgan fingerprint density at radius 1 is 1.23 bits per heavy atom. The third-order valence-electron chi connectivity index (χ3n) is 6.10. The first-order valence-corrected chi connectivity index (χ1v) is 11.8. The molecule has 1 heterocycles. The number of nitrogens with zero attached hydrogens (tertiary/aromatic N) is 2. The molecule has 3 rings (SSSR count). The van der Waals surface area contributed by atoms with Gasteiger partial charge in [0.15, 0.2) is 0 Å². The van der Waals surface area contributed by atoms with Gasteiger partial charge in [0.05, 0.1) is 23.8 Å². The fraction of sp³-hybridized carbons (Fsp3) is 0.333. The highest BCUT2D eigenvalue weighted by atomic mass is 16.5. The standard InChI is InChI=1S/C27H31N5O3/c1-4-35-27(34)20-11-13-32(14-12-20)25-10-9-23(15-21(25)16-28)31-26(33)24(17-29)19(3)30-22-7-5-18(2)6-8-22/h5-10,15,17,20,29-30H,4,11-14H2,1-3H3,(H,31,33)/p+1/b24-19+,29-17?. The molecule has 1 aliphatic heterocycles. The maximum atomic E-state index is 12.9. The Balaban J connectivity index is 1.70. The second-order valence-electron chi connectivity index (χ2n) is 8.61. The zero-order valence-electron chi connectivity index (χ0n) is 20.4. The Labute approximate surface area is 206 Å². The van der Waals surface area contributed by atoms with E-state index in [1.807, 2.05) is 42.6 Å². The molecule has 4 N–H and O–H groups in total. The molecule has 0 unspecified atom stereocenters. The number of esters is 1. The van der Waals surface area contributed by atoms with E-state index in [1.165, 1.54) is 0 Å². The van der Waals surface area contributed by atoms with Gasteiger partial charge in [0, 0.05) is 31.9 Å². The van der Waals surface area contributed by atoms with Gasteiger partial charge >= 0.3 is 5.97 Å². The summed E-state index contributed by atoms with van der Waals surface area (Å²) < 4.78 is 5.13. The molecule has 182 valence electrons. The van der Waals surface area contributed by atoms with Crippen molar-refractivity contribution >= 4 is 35.2 Å². The third kappa shape index (κ3) is 6.55. The number of hydrogen-bond donors (Lipinski definition) is 3. The molecule has 0 saturated carbocycles. The molecule has 2 aromatic rings. The van der Waals surface area contributed by atoms with Crippen molar-refractivity contribution in [1.29, 1.82) is 10.7 Å². The number of amides is 1. The Bertz CT molecular complexity index is 1160. The van der Waals surface area contributed by atoms with E-state index in [2.05, 4.69) is 16.3 Å². The molecular formula is C27H32N5O3+. The minimum absolute atomic E-state index is 0.110. The highest BCUT2D eigenvalue weighted by Gasteiger charge is 2.27. The predicted octanol–water partition coefficient (Wildman–Crippen LogP) is 3.40. The number of rotatable bonds is 8. The fourth-order valence-corrected chi connectivity index (χ4v) is 4.14. The molecule has 1 saturated heterocycles. The molecule has 1 amide bonds. The van der Waals surface area contributed by atoms with E-state index in [1.54, 1.807) is 26.0 Å². The summed E-state index contributed by atoms with van der Waals surface area (Å²) in [5, 5.41) is 22.2. The van der Waals surface area contributed by atoms with Gasteiger partial charge in [-0.1, -0.05) is 17.7 Å². The number of carbonyl (C=O) groups is 2. The number of aryl methyl sites for hydroxylation is 1. The molecule has 0 aliphatic carbocycles. The topological polar surface area (TPSA) is 123 Å². The Hall–Kier alpha value is -3.96. The van der Waals surface area contributed by atoms with Gasteiger partial charge in [-0.25, -0.2) is 0 Å². The van der Waals surface area contributed by atoms with Crippen LogP contribution in [0, 0.1) is 29.6 Å². The fourth-order valence-electron chi connectivity index (χ4n) is 4.14. The number of nitriles is 1. The zero-order chi connectivity index (χ0) is 25.4. The lowest BCUT2D eigenvalue weighted by Gasteiger charge is -2.33. The molecule has 8 heteroatoms. The first kappa shape index (κ1) is 25.7. The van der Waals surface area contributed by atoms with Gasteiger partial charge in [-0.3, -0.25) is 14.9 Å². The van der Waals surface area contributed by atoms with E-state index in [0.717, 1.165) is 23.2 Å². The van der Waals surface area contributed by atoms with Crippen LogP contribution in [0.25, 0.3) is 0 Å². The molecule has 1 fully saturated rings. The molecule has 0 aromatic heterocycles. The quantitative estimate of drug-likeness (QED) is 0.234. The second kappa shape index (κ2) is 12.0. The maximum absolute atomic E-state index is 12.9. The number of anilines is 2. The largest absolute Gasteiger partial charge is 0.466 e. The summed E-state index contributed by atoms with van der Waals surface area (Å²) in [6, 6.07) is 15.3. The number of carbonyl (C=O) groups excluding carboxylic acids is 2. The van der Waals surface area contributed by atoms with Crippen LogP contribution in [0.3, 0.4) is 0 Å². The average molecular weight is 475 g/mol. The van der Waals surface area contributed by atoms with E-state index >= 15 is 0 Å². The van der Waals surface area contributed by atoms with Crippen molar-refractivity contribution in [2.45, 2.75) is 33.6 Å². The Morgan fingerprint density at radius 2 is 1.91 bits per heavy atom. The minimum Gasteiger partial charge on any atom is -0.466 e. The molecule has 2 aromatic carbocycles. The van der Waals surface area contributed by atoms with Gasteiger partial charge in [0.2, 0.25) is 0 Å². The number of nitrogens with two attached hydrogens (primary N) is 1. The number of allylic oxidation sites excluding steroid dienone is 1. The number of piperidine rings is 1. The van der Waals surface area contributed by atoms with E-state index in [0.29, 0.717) is 49.5 Å². The van der Waals surface area contributed by atoms with Gasteiger partial charge in [-0.05, 0) is 57.0 Å². The molecule has 0 spiro atoms. The number of quaternary nitrogens is 1. The van der Waals surface area contributed by atoms with Crippen LogP contribution < -0.4 is 15.5 Å².